The van der Waals surface area contributed by atoms with Crippen LogP contribution in [0.25, 0.3) is 0 Å². The molecule has 40 heavy (non-hydrogen) atoms. The minimum absolute atomic E-state index is 0.0258. The summed E-state index contributed by atoms with van der Waals surface area (Å²) >= 11 is 0. The van der Waals surface area contributed by atoms with Crippen molar-refractivity contribution in [1.82, 2.24) is 15.0 Å². The predicted octanol–water partition coefficient (Wildman–Crippen LogP) is 3.55. The Bertz CT molecular complexity index is 1430. The van der Waals surface area contributed by atoms with Gasteiger partial charge in [-0.1, -0.05) is 19.9 Å². The molecule has 0 bridgehead atoms. The second kappa shape index (κ2) is 12.1. The van der Waals surface area contributed by atoms with Crippen LogP contribution in [0.15, 0.2) is 45.8 Å². The van der Waals surface area contributed by atoms with Crippen molar-refractivity contribution < 1.29 is 36.8 Å². The van der Waals surface area contributed by atoms with Crippen LogP contribution in [0, 0.1) is 5.82 Å². The van der Waals surface area contributed by atoms with E-state index in [1.807, 2.05) is 6.07 Å². The van der Waals surface area contributed by atoms with Crippen LogP contribution in [-0.2, 0) is 39.0 Å². The smallest absolute Gasteiger partial charge is 0.280 e. The fraction of sp³-hybridized carbons (Fsp3) is 0.429. The number of carbonyl (C=O) groups excluding carboxylic acids is 2. The van der Waals surface area contributed by atoms with Gasteiger partial charge in [0.2, 0.25) is 5.91 Å². The van der Waals surface area contributed by atoms with E-state index >= 15 is 4.39 Å². The summed E-state index contributed by atoms with van der Waals surface area (Å²) < 4.78 is 55.3. The molecule has 0 fully saturated rings. The van der Waals surface area contributed by atoms with Crippen molar-refractivity contribution in [2.24, 2.45) is 0 Å². The summed E-state index contributed by atoms with van der Waals surface area (Å²) in [5.74, 6) is -0.707. The third kappa shape index (κ3) is 6.61. The Kier molecular flexibility index (Phi) is 8.77. The number of nitrogens with one attached hydrogen (secondary N) is 1. The number of benzene rings is 1. The van der Waals surface area contributed by atoms with Gasteiger partial charge in [0.1, 0.15) is 30.0 Å². The van der Waals surface area contributed by atoms with Gasteiger partial charge in [-0.3, -0.25) is 19.4 Å². The Labute approximate surface area is 228 Å². The molecule has 4 rings (SSSR count). The Morgan fingerprint density at radius 2 is 2.00 bits per heavy atom. The molecular weight excluding hydrogens is 531 g/mol. The van der Waals surface area contributed by atoms with E-state index in [0.717, 1.165) is 5.56 Å². The highest BCUT2D eigenvalue weighted by atomic mass is 19.3. The molecule has 1 aliphatic heterocycles. The molecule has 12 heteroatoms. The molecule has 0 aliphatic carbocycles. The van der Waals surface area contributed by atoms with Gasteiger partial charge in [-0.15, -0.1) is 0 Å². The summed E-state index contributed by atoms with van der Waals surface area (Å²) in [5, 5.41) is 2.14. The number of Topliss-reactive ketones (excluding diaryl/α,β-unsaturated/α-hetero) is 1. The fourth-order valence-corrected chi connectivity index (χ4v) is 4.85. The number of methoxy groups -OCH3 is 1. The quantitative estimate of drug-likeness (QED) is 0.381. The molecule has 3 heterocycles. The first-order chi connectivity index (χ1) is 19.0. The van der Waals surface area contributed by atoms with Gasteiger partial charge in [0.15, 0.2) is 5.78 Å². The molecule has 1 aliphatic rings. The molecular formula is C28H30F3N3O6. The lowest BCUT2D eigenvalue weighted by atomic mass is 9.87. The van der Waals surface area contributed by atoms with Gasteiger partial charge in [-0.2, -0.15) is 5.16 Å². The zero-order valence-corrected chi connectivity index (χ0v) is 22.3. The normalized spacial score (nSPS) is 15.3. The monoisotopic (exact) mass is 561 g/mol. The van der Waals surface area contributed by atoms with Gasteiger partial charge in [0.25, 0.3) is 12.0 Å². The maximum atomic E-state index is 15.1. The summed E-state index contributed by atoms with van der Waals surface area (Å²) in [7, 11) is 1.53. The fourth-order valence-electron chi connectivity index (χ4n) is 4.85. The van der Waals surface area contributed by atoms with Gasteiger partial charge in [-0.25, -0.2) is 13.2 Å². The van der Waals surface area contributed by atoms with E-state index in [0.29, 0.717) is 23.3 Å². The van der Waals surface area contributed by atoms with Gasteiger partial charge in [0, 0.05) is 30.6 Å². The minimum atomic E-state index is -2.64. The zero-order valence-electron chi connectivity index (χ0n) is 22.3. The number of halogens is 3. The summed E-state index contributed by atoms with van der Waals surface area (Å²) in [6.45, 7) is 2.55. The Hall–Kier alpha value is -3.93. The van der Waals surface area contributed by atoms with E-state index in [2.05, 4.69) is 10.1 Å². The highest BCUT2D eigenvalue weighted by Crippen LogP contribution is 2.34. The van der Waals surface area contributed by atoms with Crippen molar-refractivity contribution in [1.29, 1.82) is 0 Å². The number of fused-ring (bicyclic) bond motifs is 1. The number of amides is 1. The van der Waals surface area contributed by atoms with Crippen LogP contribution in [-0.4, -0.2) is 60.0 Å². The summed E-state index contributed by atoms with van der Waals surface area (Å²) in [6.07, 6.45) is -1.23. The predicted molar refractivity (Wildman–Crippen MR) is 137 cm³/mol. The molecule has 2 aromatic heterocycles. The molecule has 0 saturated heterocycles. The molecule has 9 nitrogen and oxygen atoms in total. The van der Waals surface area contributed by atoms with Crippen LogP contribution >= 0.6 is 0 Å². The van der Waals surface area contributed by atoms with Crippen LogP contribution in [0.2, 0.25) is 0 Å². The summed E-state index contributed by atoms with van der Waals surface area (Å²) in [6, 6.07) is 6.65. The highest BCUT2D eigenvalue weighted by molar-refractivity contribution is 5.92. The van der Waals surface area contributed by atoms with Gasteiger partial charge in [0.05, 0.1) is 25.8 Å². The van der Waals surface area contributed by atoms with Crippen LogP contribution in [0.5, 0.6) is 5.75 Å². The SMILES string of the molecule is COc1ccc2c(c1)CCN(C(=O)Cc1cc(=O)[nH]o1)[C@H]2C(=O)Cc1cnc(C(C)(C)COCC(F)F)c(F)c1. The minimum Gasteiger partial charge on any atom is -0.497 e. The maximum Gasteiger partial charge on any atom is 0.280 e. The van der Waals surface area contributed by atoms with E-state index in [1.165, 1.54) is 30.3 Å². The zero-order chi connectivity index (χ0) is 29.0. The standard InChI is InChI=1S/C28H30F3N3O6/c1-28(2,15-39-14-23(30)31)27-21(29)8-16(13-32-27)9-22(35)26-20-5-4-18(38-3)10-17(20)6-7-34(26)25(37)12-19-11-24(36)33-40-19/h4-5,8,10-11,13,23,26H,6-7,9,12,14-15H2,1-3H3,(H,33,36)/t26-/m1/s1. The van der Waals surface area contributed by atoms with E-state index in [9.17, 15) is 23.2 Å². The first kappa shape index (κ1) is 29.1. The molecule has 1 amide bonds. The largest absolute Gasteiger partial charge is 0.497 e. The van der Waals surface area contributed by atoms with E-state index in [-0.39, 0.29) is 43.2 Å². The Balaban J connectivity index is 1.58. The molecule has 3 aromatic rings. The maximum absolute atomic E-state index is 15.1. The number of rotatable bonds is 11. The molecule has 0 radical (unpaired) electrons. The topological polar surface area (TPSA) is 115 Å². The third-order valence-corrected chi connectivity index (χ3v) is 6.73. The molecule has 1 aromatic carbocycles. The van der Waals surface area contributed by atoms with Gasteiger partial charge in [-0.05, 0) is 41.3 Å². The lowest BCUT2D eigenvalue weighted by molar-refractivity contribution is -0.140. The van der Waals surface area contributed by atoms with Crippen LogP contribution in [0.1, 0.15) is 48.0 Å². The number of nitrogens with zero attached hydrogens (tertiary/aromatic N) is 2. The van der Waals surface area contributed by atoms with E-state index < -0.39 is 41.8 Å². The van der Waals surface area contributed by atoms with Gasteiger partial charge >= 0.3 is 0 Å². The van der Waals surface area contributed by atoms with Crippen LogP contribution in [0.4, 0.5) is 13.2 Å². The number of H-pyrrole nitrogens is 1. The average Bonchev–Trinajstić information content (AvgIpc) is 3.31. The lowest BCUT2D eigenvalue weighted by Gasteiger charge is -2.36. The van der Waals surface area contributed by atoms with Crippen molar-refractivity contribution >= 4 is 11.7 Å². The highest BCUT2D eigenvalue weighted by Gasteiger charge is 2.36. The second-order valence-corrected chi connectivity index (χ2v) is 10.3. The number of pyridine rings is 1. The van der Waals surface area contributed by atoms with Crippen molar-refractivity contribution in [3.63, 3.8) is 0 Å². The number of alkyl halides is 2. The van der Waals surface area contributed by atoms with Crippen molar-refractivity contribution in [2.75, 3.05) is 26.9 Å². The molecule has 214 valence electrons. The number of aromatic nitrogens is 2. The average molecular weight is 562 g/mol. The summed E-state index contributed by atoms with van der Waals surface area (Å²) in [4.78, 5) is 44.0. The number of hydrogen-bond acceptors (Lipinski definition) is 7. The number of carbonyl (C=O) groups is 2. The molecule has 0 saturated carbocycles. The van der Waals surface area contributed by atoms with Crippen molar-refractivity contribution in [3.05, 3.63) is 80.8 Å². The molecule has 1 N–H and O–H groups in total. The lowest BCUT2D eigenvalue weighted by Crippen LogP contribution is -2.44. The Morgan fingerprint density at radius 3 is 2.65 bits per heavy atom. The number of ether oxygens (including phenoxy) is 2. The third-order valence-electron chi connectivity index (χ3n) is 6.73. The molecule has 0 spiro atoms. The van der Waals surface area contributed by atoms with E-state index in [4.69, 9.17) is 14.0 Å². The number of hydrogen-bond donors (Lipinski definition) is 1. The van der Waals surface area contributed by atoms with Crippen LogP contribution < -0.4 is 10.3 Å². The van der Waals surface area contributed by atoms with E-state index in [1.54, 1.807) is 26.0 Å². The van der Waals surface area contributed by atoms with Crippen LogP contribution in [0.3, 0.4) is 0 Å². The van der Waals surface area contributed by atoms with Crippen molar-refractivity contribution in [3.8, 4) is 5.75 Å². The first-order valence-electron chi connectivity index (χ1n) is 12.7. The number of ketones is 1. The van der Waals surface area contributed by atoms with Gasteiger partial charge < -0.3 is 18.9 Å². The number of aromatic amines is 1. The second-order valence-electron chi connectivity index (χ2n) is 10.3. The summed E-state index contributed by atoms with van der Waals surface area (Å²) in [5.41, 5.74) is 0.328. The molecule has 0 unspecified atom stereocenters. The molecule has 1 atom stereocenters. The van der Waals surface area contributed by atoms with Crippen molar-refractivity contribution in [2.45, 2.75) is 51.0 Å². The first-order valence-corrected chi connectivity index (χ1v) is 12.7. The Morgan fingerprint density at radius 1 is 1.23 bits per heavy atom.